The van der Waals surface area contributed by atoms with E-state index in [2.05, 4.69) is 29.2 Å². The largest absolute Gasteiger partial charge is 0.508 e. The molecule has 4 nitrogen and oxygen atoms in total. The summed E-state index contributed by atoms with van der Waals surface area (Å²) < 4.78 is 6.03. The van der Waals surface area contributed by atoms with Gasteiger partial charge in [0.15, 0.2) is 0 Å². The van der Waals surface area contributed by atoms with Crippen LogP contribution in [0.2, 0.25) is 0 Å². The molecule has 130 valence electrons. The van der Waals surface area contributed by atoms with Gasteiger partial charge >= 0.3 is 0 Å². The van der Waals surface area contributed by atoms with E-state index in [1.165, 1.54) is 18.4 Å². The lowest BCUT2D eigenvalue weighted by atomic mass is 9.81. The first-order valence-corrected chi connectivity index (χ1v) is 9.14. The van der Waals surface area contributed by atoms with Crippen LogP contribution in [0, 0.1) is 0 Å². The molecule has 2 atom stereocenters. The normalized spacial score (nSPS) is 20.8. The summed E-state index contributed by atoms with van der Waals surface area (Å²) in [5.41, 5.74) is 4.22. The van der Waals surface area contributed by atoms with Crippen LogP contribution in [-0.4, -0.2) is 27.8 Å². The Hall–Kier alpha value is -2.33. The number of pyridine rings is 1. The zero-order chi connectivity index (χ0) is 17.2. The van der Waals surface area contributed by atoms with Gasteiger partial charge in [-0.2, -0.15) is 0 Å². The molecular formula is C21H24N2O2. The van der Waals surface area contributed by atoms with E-state index in [1.54, 1.807) is 12.1 Å². The van der Waals surface area contributed by atoms with E-state index in [9.17, 15) is 5.11 Å². The average Bonchev–Trinajstić information content (AvgIpc) is 3.05. The van der Waals surface area contributed by atoms with Gasteiger partial charge in [0, 0.05) is 35.9 Å². The standard InChI is InChI=1S/C21H24N2O2/c1-2-25-20-9-4-3-8-17(20)19-13-23-21-18(19)11-15(12-22-21)14-6-5-7-16(24)10-14/h5-7,10-13,17,20,24H,2-4,8-9H2,1H3,(H,22,23). The molecule has 0 saturated heterocycles. The van der Waals surface area contributed by atoms with Crippen LogP contribution in [0.25, 0.3) is 22.2 Å². The van der Waals surface area contributed by atoms with Gasteiger partial charge < -0.3 is 14.8 Å². The molecule has 0 spiro atoms. The second-order valence-electron chi connectivity index (χ2n) is 6.80. The van der Waals surface area contributed by atoms with E-state index in [1.807, 2.05) is 18.3 Å². The Morgan fingerprint density at radius 1 is 1.20 bits per heavy atom. The van der Waals surface area contributed by atoms with Crippen molar-refractivity contribution < 1.29 is 9.84 Å². The Balaban J connectivity index is 1.76. The lowest BCUT2D eigenvalue weighted by Gasteiger charge is -2.31. The number of phenolic OH excluding ortho intramolecular Hbond substituents is 1. The van der Waals surface area contributed by atoms with E-state index in [0.717, 1.165) is 41.6 Å². The van der Waals surface area contributed by atoms with Crippen molar-refractivity contribution in [3.8, 4) is 16.9 Å². The molecule has 3 aromatic rings. The number of nitrogens with zero attached hydrogens (tertiary/aromatic N) is 1. The summed E-state index contributed by atoms with van der Waals surface area (Å²) in [7, 11) is 0. The van der Waals surface area contributed by atoms with Crippen LogP contribution in [0.1, 0.15) is 44.1 Å². The number of aromatic nitrogens is 2. The summed E-state index contributed by atoms with van der Waals surface area (Å²) in [5.74, 6) is 0.694. The van der Waals surface area contributed by atoms with Crippen molar-refractivity contribution in [2.75, 3.05) is 6.61 Å². The van der Waals surface area contributed by atoms with E-state index < -0.39 is 0 Å². The number of benzene rings is 1. The molecule has 2 aromatic heterocycles. The second kappa shape index (κ2) is 6.89. The van der Waals surface area contributed by atoms with Gasteiger partial charge in [-0.25, -0.2) is 4.98 Å². The molecule has 4 rings (SSSR count). The van der Waals surface area contributed by atoms with Gasteiger partial charge in [-0.05, 0) is 49.1 Å². The van der Waals surface area contributed by atoms with Gasteiger partial charge in [0.1, 0.15) is 11.4 Å². The third-order valence-corrected chi connectivity index (χ3v) is 5.23. The van der Waals surface area contributed by atoms with Crippen molar-refractivity contribution in [3.63, 3.8) is 0 Å². The second-order valence-corrected chi connectivity index (χ2v) is 6.80. The first-order chi connectivity index (χ1) is 12.3. The van der Waals surface area contributed by atoms with Crippen molar-refractivity contribution >= 4 is 11.0 Å². The maximum absolute atomic E-state index is 9.76. The highest BCUT2D eigenvalue weighted by molar-refractivity contribution is 5.85. The number of phenols is 1. The quantitative estimate of drug-likeness (QED) is 0.705. The Bertz CT molecular complexity index is 869. The fraction of sp³-hybridized carbons (Fsp3) is 0.381. The van der Waals surface area contributed by atoms with Gasteiger partial charge in [0.25, 0.3) is 0 Å². The Labute approximate surface area is 147 Å². The lowest BCUT2D eigenvalue weighted by Crippen LogP contribution is -2.26. The fourth-order valence-corrected chi connectivity index (χ4v) is 4.04. The maximum Gasteiger partial charge on any atom is 0.137 e. The van der Waals surface area contributed by atoms with Crippen LogP contribution >= 0.6 is 0 Å². The fourth-order valence-electron chi connectivity index (χ4n) is 4.04. The molecule has 1 aromatic carbocycles. The smallest absolute Gasteiger partial charge is 0.137 e. The highest BCUT2D eigenvalue weighted by Gasteiger charge is 2.29. The zero-order valence-corrected chi connectivity index (χ0v) is 14.5. The molecule has 1 saturated carbocycles. The van der Waals surface area contributed by atoms with Crippen LogP contribution in [0.3, 0.4) is 0 Å². The number of fused-ring (bicyclic) bond motifs is 1. The molecule has 0 aliphatic heterocycles. The SMILES string of the molecule is CCOC1CCCCC1c1c[nH]c2ncc(-c3cccc(O)c3)cc12. The highest BCUT2D eigenvalue weighted by atomic mass is 16.5. The van der Waals surface area contributed by atoms with Crippen molar-refractivity contribution in [1.82, 2.24) is 9.97 Å². The van der Waals surface area contributed by atoms with Crippen LogP contribution in [0.5, 0.6) is 5.75 Å². The van der Waals surface area contributed by atoms with Gasteiger partial charge in [0.2, 0.25) is 0 Å². The summed E-state index contributed by atoms with van der Waals surface area (Å²) in [6.45, 7) is 2.83. The van der Waals surface area contributed by atoms with Crippen LogP contribution < -0.4 is 0 Å². The van der Waals surface area contributed by atoms with Crippen LogP contribution in [-0.2, 0) is 4.74 Å². The molecule has 25 heavy (non-hydrogen) atoms. The third-order valence-electron chi connectivity index (χ3n) is 5.23. The first-order valence-electron chi connectivity index (χ1n) is 9.14. The molecule has 2 N–H and O–H groups in total. The van der Waals surface area contributed by atoms with Gasteiger partial charge in [0.05, 0.1) is 6.10 Å². The summed E-state index contributed by atoms with van der Waals surface area (Å²) in [6.07, 6.45) is 9.04. The molecule has 0 radical (unpaired) electrons. The molecular weight excluding hydrogens is 312 g/mol. The van der Waals surface area contributed by atoms with Gasteiger partial charge in [-0.1, -0.05) is 25.0 Å². The van der Waals surface area contributed by atoms with Gasteiger partial charge in [-0.15, -0.1) is 0 Å². The molecule has 0 amide bonds. The monoisotopic (exact) mass is 336 g/mol. The number of aromatic amines is 1. The van der Waals surface area contributed by atoms with E-state index in [4.69, 9.17) is 4.74 Å². The zero-order valence-electron chi connectivity index (χ0n) is 14.5. The minimum Gasteiger partial charge on any atom is -0.508 e. The number of nitrogens with one attached hydrogen (secondary N) is 1. The molecule has 2 heterocycles. The minimum atomic E-state index is 0.274. The topological polar surface area (TPSA) is 58.1 Å². The first kappa shape index (κ1) is 16.2. The Kier molecular flexibility index (Phi) is 4.45. The number of hydrogen-bond acceptors (Lipinski definition) is 3. The lowest BCUT2D eigenvalue weighted by molar-refractivity contribution is 0.0211. The predicted molar refractivity (Wildman–Crippen MR) is 99.8 cm³/mol. The molecule has 1 fully saturated rings. The van der Waals surface area contributed by atoms with Crippen LogP contribution in [0.15, 0.2) is 42.7 Å². The van der Waals surface area contributed by atoms with Crippen molar-refractivity contribution in [1.29, 1.82) is 0 Å². The number of rotatable bonds is 4. The molecule has 4 heteroatoms. The highest BCUT2D eigenvalue weighted by Crippen LogP contribution is 2.39. The van der Waals surface area contributed by atoms with Crippen LogP contribution in [0.4, 0.5) is 0 Å². The van der Waals surface area contributed by atoms with E-state index in [-0.39, 0.29) is 5.75 Å². The maximum atomic E-state index is 9.76. The van der Waals surface area contributed by atoms with Gasteiger partial charge in [-0.3, -0.25) is 0 Å². The number of ether oxygens (including phenoxy) is 1. The number of aromatic hydroxyl groups is 1. The molecule has 2 unspecified atom stereocenters. The minimum absolute atomic E-state index is 0.274. The summed E-state index contributed by atoms with van der Waals surface area (Å²) in [5, 5.41) is 10.9. The number of H-pyrrole nitrogens is 1. The summed E-state index contributed by atoms with van der Waals surface area (Å²) >= 11 is 0. The third kappa shape index (κ3) is 3.14. The Morgan fingerprint density at radius 2 is 2.08 bits per heavy atom. The molecule has 1 aliphatic rings. The number of hydrogen-bond donors (Lipinski definition) is 2. The van der Waals surface area contributed by atoms with Crippen molar-refractivity contribution in [2.24, 2.45) is 0 Å². The molecule has 1 aliphatic carbocycles. The van der Waals surface area contributed by atoms with E-state index >= 15 is 0 Å². The Morgan fingerprint density at radius 3 is 2.92 bits per heavy atom. The van der Waals surface area contributed by atoms with E-state index in [0.29, 0.717) is 12.0 Å². The summed E-state index contributed by atoms with van der Waals surface area (Å²) in [6, 6.07) is 9.50. The predicted octanol–water partition coefficient (Wildman–Crippen LogP) is 5.00. The van der Waals surface area contributed by atoms with Crippen molar-refractivity contribution in [3.05, 3.63) is 48.3 Å². The van der Waals surface area contributed by atoms with Crippen molar-refractivity contribution in [2.45, 2.75) is 44.6 Å². The molecule has 0 bridgehead atoms. The average molecular weight is 336 g/mol. The summed E-state index contributed by atoms with van der Waals surface area (Å²) in [4.78, 5) is 7.92.